The number of nitrogens with zero attached hydrogens (tertiary/aromatic N) is 4. The molecule has 9 nitrogen and oxygen atoms in total. The van der Waals surface area contributed by atoms with Crippen molar-refractivity contribution in [2.24, 2.45) is 4.99 Å². The molecule has 33 heavy (non-hydrogen) atoms. The molecule has 1 amide bonds. The maximum absolute atomic E-state index is 12.4. The van der Waals surface area contributed by atoms with Gasteiger partial charge in [0, 0.05) is 36.2 Å². The summed E-state index contributed by atoms with van der Waals surface area (Å²) in [7, 11) is -3.58. The Bertz CT molecular complexity index is 1330. The van der Waals surface area contributed by atoms with Gasteiger partial charge in [0.1, 0.15) is 11.7 Å². The summed E-state index contributed by atoms with van der Waals surface area (Å²) in [4.78, 5) is 16.8. The van der Waals surface area contributed by atoms with Gasteiger partial charge in [0.05, 0.1) is 11.4 Å². The Balaban J connectivity index is 1.20. The highest BCUT2D eigenvalue weighted by Gasteiger charge is 2.29. The number of aromatic nitrogens is 3. The number of hydrogen-bond acceptors (Lipinski definition) is 6. The minimum atomic E-state index is -3.58. The van der Waals surface area contributed by atoms with Gasteiger partial charge in [0.25, 0.3) is 10.0 Å². The molecule has 0 fully saturated rings. The Morgan fingerprint density at radius 3 is 2.73 bits per heavy atom. The molecule has 170 valence electrons. The number of rotatable bonds is 5. The molecule has 2 aliphatic heterocycles. The molecule has 3 heterocycles. The molecular formula is C23H24N6O3S. The molecule has 2 aliphatic rings. The van der Waals surface area contributed by atoms with Crippen LogP contribution in [0.5, 0.6) is 0 Å². The largest absolute Gasteiger partial charge is 0.326 e. The first-order valence-corrected chi connectivity index (χ1v) is 12.5. The number of hydrogen-bond donors (Lipinski definition) is 2. The van der Waals surface area contributed by atoms with Crippen LogP contribution in [0.2, 0.25) is 0 Å². The van der Waals surface area contributed by atoms with Gasteiger partial charge < -0.3 is 9.88 Å². The first kappa shape index (κ1) is 21.3. The summed E-state index contributed by atoms with van der Waals surface area (Å²) in [6.45, 7) is 1.10. The second kappa shape index (κ2) is 8.78. The molecule has 10 heteroatoms. The number of fused-ring (bicyclic) bond motifs is 2. The fraction of sp³-hybridized carbons (Fsp3) is 0.304. The van der Waals surface area contributed by atoms with Crippen LogP contribution in [0.15, 0.2) is 58.4 Å². The molecule has 0 aliphatic carbocycles. The average Bonchev–Trinajstić information content (AvgIpc) is 3.22. The van der Waals surface area contributed by atoms with Crippen molar-refractivity contribution >= 4 is 27.5 Å². The number of nitrogens with one attached hydrogen (secondary N) is 2. The fourth-order valence-corrected chi connectivity index (χ4v) is 5.40. The van der Waals surface area contributed by atoms with Crippen LogP contribution < -0.4 is 10.0 Å². The Labute approximate surface area is 192 Å². The van der Waals surface area contributed by atoms with Crippen LogP contribution >= 0.6 is 0 Å². The first-order chi connectivity index (χ1) is 16.0. The van der Waals surface area contributed by atoms with E-state index in [0.717, 1.165) is 43.0 Å². The lowest BCUT2D eigenvalue weighted by Crippen LogP contribution is -2.23. The van der Waals surface area contributed by atoms with Crippen molar-refractivity contribution in [1.82, 2.24) is 19.5 Å². The van der Waals surface area contributed by atoms with E-state index in [1.54, 1.807) is 18.2 Å². The highest BCUT2D eigenvalue weighted by atomic mass is 32.2. The third-order valence-electron chi connectivity index (χ3n) is 5.81. The van der Waals surface area contributed by atoms with Crippen molar-refractivity contribution in [3.05, 3.63) is 59.9 Å². The summed E-state index contributed by atoms with van der Waals surface area (Å²) in [6, 6.07) is 14.2. The summed E-state index contributed by atoms with van der Waals surface area (Å²) in [6.07, 6.45) is 4.57. The number of amidine groups is 1. The summed E-state index contributed by atoms with van der Waals surface area (Å²) >= 11 is 0. The molecule has 1 aromatic heterocycles. The zero-order chi connectivity index (χ0) is 22.8. The molecule has 2 aromatic carbocycles. The molecule has 3 aromatic rings. The van der Waals surface area contributed by atoms with E-state index in [1.807, 2.05) is 24.3 Å². The van der Waals surface area contributed by atoms with Crippen LogP contribution in [0.3, 0.4) is 0 Å². The minimum Gasteiger partial charge on any atom is -0.326 e. The Kier molecular flexibility index (Phi) is 5.67. The number of amides is 1. The second-order valence-electron chi connectivity index (χ2n) is 8.11. The molecule has 0 saturated carbocycles. The van der Waals surface area contributed by atoms with Crippen LogP contribution in [-0.2, 0) is 27.8 Å². The molecule has 2 N–H and O–H groups in total. The molecule has 0 atom stereocenters. The highest BCUT2D eigenvalue weighted by Crippen LogP contribution is 2.24. The average molecular weight is 465 g/mol. The van der Waals surface area contributed by atoms with Gasteiger partial charge >= 0.3 is 0 Å². The van der Waals surface area contributed by atoms with Gasteiger partial charge in [0.2, 0.25) is 5.91 Å². The smallest absolute Gasteiger partial charge is 0.263 e. The van der Waals surface area contributed by atoms with E-state index in [1.165, 1.54) is 12.5 Å². The summed E-state index contributed by atoms with van der Waals surface area (Å²) in [5.74, 6) is 1.97. The molecule has 5 rings (SSSR count). The van der Waals surface area contributed by atoms with Crippen LogP contribution in [0.1, 0.15) is 37.1 Å². The predicted octanol–water partition coefficient (Wildman–Crippen LogP) is 2.74. The van der Waals surface area contributed by atoms with Gasteiger partial charge in [-0.25, -0.2) is 8.42 Å². The van der Waals surface area contributed by atoms with Gasteiger partial charge in [-0.3, -0.25) is 14.5 Å². The van der Waals surface area contributed by atoms with Crippen LogP contribution in [0, 0.1) is 0 Å². The van der Waals surface area contributed by atoms with E-state index in [4.69, 9.17) is 0 Å². The number of sulfonamides is 1. The van der Waals surface area contributed by atoms with E-state index in [9.17, 15) is 13.2 Å². The maximum Gasteiger partial charge on any atom is 0.263 e. The van der Waals surface area contributed by atoms with E-state index < -0.39 is 10.0 Å². The van der Waals surface area contributed by atoms with Gasteiger partial charge in [0.15, 0.2) is 5.82 Å². The van der Waals surface area contributed by atoms with Crippen molar-refractivity contribution in [2.75, 3.05) is 11.9 Å². The summed E-state index contributed by atoms with van der Waals surface area (Å²) in [5, 5.41) is 11.6. The summed E-state index contributed by atoms with van der Waals surface area (Å²) in [5.41, 5.74) is 2.17. The molecule has 0 saturated heterocycles. The quantitative estimate of drug-likeness (QED) is 0.602. The molecule has 0 radical (unpaired) electrons. The van der Waals surface area contributed by atoms with Crippen molar-refractivity contribution in [3.8, 4) is 11.4 Å². The second-order valence-corrected chi connectivity index (χ2v) is 9.76. The molecule has 0 unspecified atom stereocenters. The van der Waals surface area contributed by atoms with Gasteiger partial charge in [-0.1, -0.05) is 18.6 Å². The first-order valence-electron chi connectivity index (χ1n) is 11.0. The summed E-state index contributed by atoms with van der Waals surface area (Å²) < 4.78 is 28.9. The van der Waals surface area contributed by atoms with Crippen molar-refractivity contribution in [1.29, 1.82) is 0 Å². The highest BCUT2D eigenvalue weighted by molar-refractivity contribution is 7.90. The third kappa shape index (κ3) is 4.38. The van der Waals surface area contributed by atoms with Crippen molar-refractivity contribution in [2.45, 2.75) is 43.5 Å². The molecule has 0 spiro atoms. The molecular weight excluding hydrogens is 440 g/mol. The lowest BCUT2D eigenvalue weighted by molar-refractivity contribution is -0.116. The Hall–Kier alpha value is -3.53. The van der Waals surface area contributed by atoms with E-state index >= 15 is 0 Å². The monoisotopic (exact) mass is 464 g/mol. The van der Waals surface area contributed by atoms with Crippen LogP contribution in [0.4, 0.5) is 5.69 Å². The topological polar surface area (TPSA) is 118 Å². The Morgan fingerprint density at radius 2 is 1.88 bits per heavy atom. The zero-order valence-electron chi connectivity index (χ0n) is 18.0. The maximum atomic E-state index is 12.4. The normalized spacial score (nSPS) is 17.6. The number of carbonyl (C=O) groups excluding carboxylic acids is 1. The van der Waals surface area contributed by atoms with Crippen molar-refractivity contribution < 1.29 is 13.2 Å². The third-order valence-corrected chi connectivity index (χ3v) is 7.20. The van der Waals surface area contributed by atoms with E-state index in [-0.39, 0.29) is 29.6 Å². The van der Waals surface area contributed by atoms with Gasteiger partial charge in [-0.05, 0) is 49.2 Å². The van der Waals surface area contributed by atoms with E-state index in [0.29, 0.717) is 11.3 Å². The number of benzene rings is 2. The lowest BCUT2D eigenvalue weighted by atomic mass is 10.2. The standard InChI is InChI=1S/C23H24N6O3S/c30-21(13-14-24-22-18-6-3-4-7-19(18)33(31,32)28-22)25-17-11-9-16(10-12-17)23-27-26-20-8-2-1-5-15-29(20)23/h3-4,6-7,9-12H,1-2,5,8,13-15H2,(H,24,28)(H,25,30). The van der Waals surface area contributed by atoms with Gasteiger partial charge in [-0.2, -0.15) is 0 Å². The van der Waals surface area contributed by atoms with Crippen LogP contribution in [-0.4, -0.2) is 41.5 Å². The molecule has 0 bridgehead atoms. The SMILES string of the molecule is O=C(CCN=C1NS(=O)(=O)c2ccccc21)Nc1ccc(-c2nnc3n2CCCCC3)cc1. The number of aliphatic imine (C=N–C) groups is 1. The lowest BCUT2D eigenvalue weighted by Gasteiger charge is -2.08. The van der Waals surface area contributed by atoms with Gasteiger partial charge in [-0.15, -0.1) is 10.2 Å². The fourth-order valence-electron chi connectivity index (χ4n) is 4.15. The number of carbonyl (C=O) groups is 1. The van der Waals surface area contributed by atoms with Crippen molar-refractivity contribution in [3.63, 3.8) is 0 Å². The van der Waals surface area contributed by atoms with Crippen LogP contribution in [0.25, 0.3) is 11.4 Å². The predicted molar refractivity (Wildman–Crippen MR) is 124 cm³/mol. The Morgan fingerprint density at radius 1 is 1.06 bits per heavy atom. The number of anilines is 1. The number of aryl methyl sites for hydroxylation is 1. The van der Waals surface area contributed by atoms with E-state index in [2.05, 4.69) is 29.8 Å². The zero-order valence-corrected chi connectivity index (χ0v) is 18.8. The minimum absolute atomic E-state index is 0.132.